The summed E-state index contributed by atoms with van der Waals surface area (Å²) in [7, 11) is 0. The summed E-state index contributed by atoms with van der Waals surface area (Å²) in [5, 5.41) is 14.1. The van der Waals surface area contributed by atoms with E-state index in [-0.39, 0.29) is 12.3 Å². The van der Waals surface area contributed by atoms with Crippen LogP contribution < -0.4 is 5.32 Å². The summed E-state index contributed by atoms with van der Waals surface area (Å²) in [5.41, 5.74) is 3.25. The van der Waals surface area contributed by atoms with Crippen LogP contribution in [0.15, 0.2) is 30.3 Å². The van der Waals surface area contributed by atoms with Crippen LogP contribution in [0.25, 0.3) is 0 Å². The second kappa shape index (κ2) is 9.35. The minimum Gasteiger partial charge on any atom is -0.389 e. The maximum absolute atomic E-state index is 12.8. The molecule has 166 valence electrons. The third-order valence-corrected chi connectivity index (χ3v) is 6.66. The second-order valence-corrected chi connectivity index (χ2v) is 9.33. The van der Waals surface area contributed by atoms with E-state index in [9.17, 15) is 9.90 Å². The van der Waals surface area contributed by atoms with Crippen molar-refractivity contribution in [3.63, 3.8) is 0 Å². The van der Waals surface area contributed by atoms with Crippen molar-refractivity contribution in [2.75, 3.05) is 18.4 Å². The number of aliphatic hydroxyl groups is 1. The third kappa shape index (κ3) is 5.62. The summed E-state index contributed by atoms with van der Waals surface area (Å²) in [5.74, 6) is 1.28. The van der Waals surface area contributed by atoms with E-state index in [0.29, 0.717) is 5.92 Å². The Hall–Kier alpha value is -2.47. The van der Waals surface area contributed by atoms with Crippen LogP contribution in [0.4, 0.5) is 11.5 Å². The van der Waals surface area contributed by atoms with Crippen LogP contribution in [0, 0.1) is 13.8 Å². The number of nitrogens with one attached hydrogen (secondary N) is 1. The van der Waals surface area contributed by atoms with E-state index in [4.69, 9.17) is 4.98 Å². The predicted octanol–water partition coefficient (Wildman–Crippen LogP) is 4.63. The number of pyridine rings is 2. The van der Waals surface area contributed by atoms with Crippen LogP contribution in [-0.2, 0) is 4.79 Å². The summed E-state index contributed by atoms with van der Waals surface area (Å²) in [6.07, 6.45) is 6.83. The molecule has 2 N–H and O–H groups in total. The maximum atomic E-state index is 12.8. The molecule has 4 rings (SSSR count). The Kier molecular flexibility index (Phi) is 6.56. The number of carbonyl (C=O) groups excluding carboxylic acids is 1. The van der Waals surface area contributed by atoms with Crippen LogP contribution >= 0.6 is 0 Å². The van der Waals surface area contributed by atoms with Gasteiger partial charge in [-0.05, 0) is 63.8 Å². The zero-order valence-electron chi connectivity index (χ0n) is 18.7. The lowest BCUT2D eigenvalue weighted by Crippen LogP contribution is -2.43. The van der Waals surface area contributed by atoms with Crippen LogP contribution in [-0.4, -0.2) is 44.6 Å². The number of hydrogen-bond donors (Lipinski definition) is 2. The molecule has 0 atom stereocenters. The lowest BCUT2D eigenvalue weighted by Gasteiger charge is -2.36. The average molecular weight is 423 g/mol. The van der Waals surface area contributed by atoms with Crippen molar-refractivity contribution >= 4 is 17.4 Å². The second-order valence-electron chi connectivity index (χ2n) is 9.33. The highest BCUT2D eigenvalue weighted by Crippen LogP contribution is 2.33. The molecule has 0 bridgehead atoms. The van der Waals surface area contributed by atoms with E-state index >= 15 is 0 Å². The number of piperidine rings is 1. The van der Waals surface area contributed by atoms with Gasteiger partial charge in [-0.25, -0.2) is 4.98 Å². The molecule has 6 nitrogen and oxygen atoms in total. The molecule has 2 aromatic rings. The highest BCUT2D eigenvalue weighted by atomic mass is 16.3. The van der Waals surface area contributed by atoms with Crippen molar-refractivity contribution in [1.29, 1.82) is 0 Å². The Morgan fingerprint density at radius 3 is 2.55 bits per heavy atom. The normalized spacial score (nSPS) is 19.3. The lowest BCUT2D eigenvalue weighted by molar-refractivity contribution is -0.138. The first-order valence-electron chi connectivity index (χ1n) is 11.6. The highest BCUT2D eigenvalue weighted by molar-refractivity contribution is 5.77. The zero-order valence-corrected chi connectivity index (χ0v) is 18.7. The molecule has 6 heteroatoms. The number of aromatic nitrogens is 2. The maximum Gasteiger partial charge on any atom is 0.225 e. The van der Waals surface area contributed by atoms with Crippen LogP contribution in [0.1, 0.15) is 74.4 Å². The number of carbonyl (C=O) groups is 1. The lowest BCUT2D eigenvalue weighted by atomic mass is 9.82. The number of aryl methyl sites for hydroxylation is 2. The van der Waals surface area contributed by atoms with Gasteiger partial charge in [0.2, 0.25) is 5.91 Å². The van der Waals surface area contributed by atoms with E-state index in [2.05, 4.69) is 16.4 Å². The minimum absolute atomic E-state index is 0.105. The minimum atomic E-state index is -0.783. The van der Waals surface area contributed by atoms with E-state index in [1.165, 1.54) is 6.42 Å². The SMILES string of the molecule is Cc1cccc(Nc2cc(C)nc(C3CCN(C(=O)CC4(O)CCCCC4)CC3)c2)n1. The molecule has 1 saturated carbocycles. The first-order valence-corrected chi connectivity index (χ1v) is 11.6. The van der Waals surface area contributed by atoms with Gasteiger partial charge in [-0.15, -0.1) is 0 Å². The molecule has 0 radical (unpaired) electrons. The van der Waals surface area contributed by atoms with Crippen molar-refractivity contribution in [2.45, 2.75) is 76.7 Å². The first-order chi connectivity index (χ1) is 14.9. The molecular weight excluding hydrogens is 388 g/mol. The number of likely N-dealkylation sites (tertiary alicyclic amines) is 1. The average Bonchev–Trinajstić information content (AvgIpc) is 2.74. The molecule has 31 heavy (non-hydrogen) atoms. The van der Waals surface area contributed by atoms with Gasteiger partial charge in [0.1, 0.15) is 5.82 Å². The quantitative estimate of drug-likeness (QED) is 0.735. The fourth-order valence-corrected chi connectivity index (χ4v) is 4.94. The molecule has 0 unspecified atom stereocenters. The van der Waals surface area contributed by atoms with Gasteiger partial charge < -0.3 is 15.3 Å². The largest absolute Gasteiger partial charge is 0.389 e. The molecule has 1 saturated heterocycles. The standard InChI is InChI=1S/C25H34N4O2/c1-18-7-6-8-23(27-18)28-21-15-19(2)26-22(16-21)20-9-13-29(14-10-20)24(30)17-25(31)11-4-3-5-12-25/h6-8,15-16,20,31H,3-5,9-14,17H2,1-2H3,(H,26,27,28). The van der Waals surface area contributed by atoms with E-state index < -0.39 is 5.60 Å². The monoisotopic (exact) mass is 422 g/mol. The molecule has 3 heterocycles. The number of nitrogens with zero attached hydrogens (tertiary/aromatic N) is 3. The van der Waals surface area contributed by atoms with E-state index in [1.54, 1.807) is 0 Å². The van der Waals surface area contributed by atoms with Crippen LogP contribution in [0.3, 0.4) is 0 Å². The van der Waals surface area contributed by atoms with Gasteiger partial charge in [-0.3, -0.25) is 9.78 Å². The van der Waals surface area contributed by atoms with Crippen LogP contribution in [0.2, 0.25) is 0 Å². The van der Waals surface area contributed by atoms with Crippen molar-refractivity contribution < 1.29 is 9.90 Å². The van der Waals surface area contributed by atoms with Gasteiger partial charge in [0, 0.05) is 41.8 Å². The molecule has 2 aliphatic rings. The molecule has 1 aliphatic carbocycles. The first kappa shape index (κ1) is 21.8. The predicted molar refractivity (Wildman–Crippen MR) is 122 cm³/mol. The Balaban J connectivity index is 1.37. The third-order valence-electron chi connectivity index (χ3n) is 6.66. The number of hydrogen-bond acceptors (Lipinski definition) is 5. The molecule has 1 aliphatic heterocycles. The van der Waals surface area contributed by atoms with Gasteiger partial charge in [0.25, 0.3) is 0 Å². The number of amides is 1. The van der Waals surface area contributed by atoms with Gasteiger partial charge >= 0.3 is 0 Å². The topological polar surface area (TPSA) is 78.4 Å². The summed E-state index contributed by atoms with van der Waals surface area (Å²) in [6, 6.07) is 10.1. The summed E-state index contributed by atoms with van der Waals surface area (Å²) in [4.78, 5) is 24.0. The Morgan fingerprint density at radius 2 is 1.84 bits per heavy atom. The van der Waals surface area contributed by atoms with Crippen molar-refractivity contribution in [3.8, 4) is 0 Å². The molecule has 0 aromatic carbocycles. The zero-order chi connectivity index (χ0) is 21.8. The summed E-state index contributed by atoms with van der Waals surface area (Å²) in [6.45, 7) is 5.47. The number of rotatable bonds is 5. The van der Waals surface area contributed by atoms with Crippen LogP contribution in [0.5, 0.6) is 0 Å². The van der Waals surface area contributed by atoms with Crippen molar-refractivity contribution in [1.82, 2.24) is 14.9 Å². The smallest absolute Gasteiger partial charge is 0.225 e. The van der Waals surface area contributed by atoms with Gasteiger partial charge in [0.05, 0.1) is 12.0 Å². The van der Waals surface area contributed by atoms with Crippen molar-refractivity contribution in [3.05, 3.63) is 47.4 Å². The summed E-state index contributed by atoms with van der Waals surface area (Å²) >= 11 is 0. The van der Waals surface area contributed by atoms with Gasteiger partial charge in [-0.1, -0.05) is 25.3 Å². The van der Waals surface area contributed by atoms with Gasteiger partial charge in [-0.2, -0.15) is 0 Å². The fourth-order valence-electron chi connectivity index (χ4n) is 4.94. The number of anilines is 2. The van der Waals surface area contributed by atoms with E-state index in [1.807, 2.05) is 43.0 Å². The Bertz CT molecular complexity index is 915. The molecule has 2 fully saturated rings. The van der Waals surface area contributed by atoms with E-state index in [0.717, 1.165) is 80.2 Å². The summed E-state index contributed by atoms with van der Waals surface area (Å²) < 4.78 is 0. The molecule has 2 aromatic heterocycles. The molecule has 1 amide bonds. The van der Waals surface area contributed by atoms with Gasteiger partial charge in [0.15, 0.2) is 0 Å². The molecular formula is C25H34N4O2. The Labute approximate surface area is 185 Å². The Morgan fingerprint density at radius 1 is 1.10 bits per heavy atom. The molecule has 0 spiro atoms. The fraction of sp³-hybridized carbons (Fsp3) is 0.560. The highest BCUT2D eigenvalue weighted by Gasteiger charge is 2.34. The van der Waals surface area contributed by atoms with Crippen molar-refractivity contribution in [2.24, 2.45) is 0 Å².